The molecular weight excluding hydrogens is 304 g/mol. The number of rotatable bonds is 6. The predicted molar refractivity (Wildman–Crippen MR) is 93.5 cm³/mol. The number of fused-ring (bicyclic) bond motifs is 1. The van der Waals surface area contributed by atoms with Gasteiger partial charge in [-0.1, -0.05) is 25.1 Å². The summed E-state index contributed by atoms with van der Waals surface area (Å²) in [6.45, 7) is 3.65. The van der Waals surface area contributed by atoms with Crippen LogP contribution in [0.2, 0.25) is 0 Å². The maximum atomic E-state index is 12.5. The first-order valence-electron chi connectivity index (χ1n) is 8.38. The molecule has 1 aliphatic rings. The predicted octanol–water partition coefficient (Wildman–Crippen LogP) is 0.797. The number of H-pyrrole nitrogens is 1. The SMILES string of the molecule is CNC(=O)[C@H](Cc1c[nH]c2ccccc12)NC(=O)C(C)C1CNC1. The smallest absolute Gasteiger partial charge is 0.242 e. The van der Waals surface area contributed by atoms with Crippen LogP contribution in [0.3, 0.4) is 0 Å². The van der Waals surface area contributed by atoms with Crippen LogP contribution < -0.4 is 16.0 Å². The highest BCUT2D eigenvalue weighted by Gasteiger charge is 2.31. The number of benzene rings is 1. The number of hydrogen-bond acceptors (Lipinski definition) is 3. The zero-order chi connectivity index (χ0) is 17.1. The molecule has 0 aliphatic carbocycles. The third-order valence-electron chi connectivity index (χ3n) is 4.91. The first kappa shape index (κ1) is 16.5. The van der Waals surface area contributed by atoms with Crippen LogP contribution >= 0.6 is 0 Å². The quantitative estimate of drug-likeness (QED) is 0.633. The molecule has 24 heavy (non-hydrogen) atoms. The van der Waals surface area contributed by atoms with Gasteiger partial charge in [0.15, 0.2) is 0 Å². The van der Waals surface area contributed by atoms with Gasteiger partial charge in [-0.15, -0.1) is 0 Å². The van der Waals surface area contributed by atoms with Crippen molar-refractivity contribution in [1.82, 2.24) is 20.9 Å². The van der Waals surface area contributed by atoms with Gasteiger partial charge in [-0.3, -0.25) is 9.59 Å². The molecular formula is C18H24N4O2. The van der Waals surface area contributed by atoms with Crippen molar-refractivity contribution in [2.75, 3.05) is 20.1 Å². The Morgan fingerprint density at radius 1 is 1.25 bits per heavy atom. The number of nitrogens with one attached hydrogen (secondary N) is 4. The molecule has 1 unspecified atom stereocenters. The van der Waals surface area contributed by atoms with Crippen LogP contribution in [0.4, 0.5) is 0 Å². The van der Waals surface area contributed by atoms with Crippen molar-refractivity contribution in [2.24, 2.45) is 11.8 Å². The summed E-state index contributed by atoms with van der Waals surface area (Å²) in [7, 11) is 1.59. The van der Waals surface area contributed by atoms with Gasteiger partial charge in [0.05, 0.1) is 0 Å². The van der Waals surface area contributed by atoms with Gasteiger partial charge >= 0.3 is 0 Å². The highest BCUT2D eigenvalue weighted by molar-refractivity contribution is 5.90. The number of hydrogen-bond donors (Lipinski definition) is 4. The molecule has 1 aromatic carbocycles. The van der Waals surface area contributed by atoms with Gasteiger partial charge < -0.3 is 20.9 Å². The standard InChI is InChI=1S/C18H24N4O2/c1-11(13-8-20-9-13)17(23)22-16(18(24)19-2)7-12-10-21-15-6-4-3-5-14(12)15/h3-6,10-11,13,16,20-21H,7-9H2,1-2H3,(H,19,24)(H,22,23)/t11?,16-/m0/s1. The zero-order valence-electron chi connectivity index (χ0n) is 14.1. The van der Waals surface area contributed by atoms with Crippen molar-refractivity contribution < 1.29 is 9.59 Å². The van der Waals surface area contributed by atoms with E-state index in [2.05, 4.69) is 20.9 Å². The highest BCUT2D eigenvalue weighted by atomic mass is 16.2. The fraction of sp³-hybridized carbons (Fsp3) is 0.444. The molecule has 2 aromatic rings. The maximum absolute atomic E-state index is 12.5. The lowest BCUT2D eigenvalue weighted by molar-refractivity contribution is -0.132. The molecule has 2 heterocycles. The molecule has 128 valence electrons. The number of likely N-dealkylation sites (N-methyl/N-ethyl adjacent to an activating group) is 1. The van der Waals surface area contributed by atoms with Crippen LogP contribution in [-0.4, -0.2) is 43.0 Å². The topological polar surface area (TPSA) is 86.0 Å². The Hall–Kier alpha value is -2.34. The third-order valence-corrected chi connectivity index (χ3v) is 4.91. The van der Waals surface area contributed by atoms with Crippen LogP contribution in [0.1, 0.15) is 12.5 Å². The molecule has 1 aliphatic heterocycles. The minimum absolute atomic E-state index is 0.0602. The normalized spacial score (nSPS) is 17.1. The van der Waals surface area contributed by atoms with Crippen LogP contribution in [0.15, 0.2) is 30.5 Å². The van der Waals surface area contributed by atoms with Crippen LogP contribution in [0, 0.1) is 11.8 Å². The number of aromatic amines is 1. The minimum Gasteiger partial charge on any atom is -0.361 e. The van der Waals surface area contributed by atoms with Gasteiger partial charge in [0.2, 0.25) is 11.8 Å². The van der Waals surface area contributed by atoms with Gasteiger partial charge in [-0.2, -0.15) is 0 Å². The number of carbonyl (C=O) groups excluding carboxylic acids is 2. The average Bonchev–Trinajstić information content (AvgIpc) is 2.95. The van der Waals surface area contributed by atoms with Crippen LogP contribution in [0.25, 0.3) is 10.9 Å². The Labute approximate surface area is 141 Å². The Bertz CT molecular complexity index is 735. The molecule has 0 radical (unpaired) electrons. The van der Waals surface area contributed by atoms with Gasteiger partial charge in [0, 0.05) is 36.5 Å². The van der Waals surface area contributed by atoms with E-state index >= 15 is 0 Å². The Balaban J connectivity index is 1.74. The number of aromatic nitrogens is 1. The Morgan fingerprint density at radius 3 is 2.67 bits per heavy atom. The molecule has 0 spiro atoms. The lowest BCUT2D eigenvalue weighted by Crippen LogP contribution is -2.53. The molecule has 1 aromatic heterocycles. The largest absolute Gasteiger partial charge is 0.361 e. The van der Waals surface area contributed by atoms with Crippen molar-refractivity contribution >= 4 is 22.7 Å². The Morgan fingerprint density at radius 2 is 2.00 bits per heavy atom. The van der Waals surface area contributed by atoms with E-state index in [1.54, 1.807) is 7.05 Å². The van der Waals surface area contributed by atoms with Gasteiger partial charge in [0.25, 0.3) is 0 Å². The second-order valence-corrected chi connectivity index (χ2v) is 6.45. The second kappa shape index (κ2) is 7.05. The van der Waals surface area contributed by atoms with E-state index in [1.165, 1.54) is 0 Å². The summed E-state index contributed by atoms with van der Waals surface area (Å²) < 4.78 is 0. The molecule has 3 rings (SSSR count). The molecule has 4 N–H and O–H groups in total. The first-order valence-corrected chi connectivity index (χ1v) is 8.38. The van der Waals surface area contributed by atoms with E-state index in [4.69, 9.17) is 0 Å². The summed E-state index contributed by atoms with van der Waals surface area (Å²) in [5.41, 5.74) is 2.06. The first-order chi connectivity index (χ1) is 11.6. The summed E-state index contributed by atoms with van der Waals surface area (Å²) in [5.74, 6) is 0.0207. The van der Waals surface area contributed by atoms with Gasteiger partial charge in [-0.05, 0) is 30.6 Å². The van der Waals surface area contributed by atoms with Crippen molar-refractivity contribution in [3.63, 3.8) is 0 Å². The molecule has 0 bridgehead atoms. The lowest BCUT2D eigenvalue weighted by atomic mass is 9.88. The monoisotopic (exact) mass is 328 g/mol. The Kier molecular flexibility index (Phi) is 4.85. The molecule has 6 nitrogen and oxygen atoms in total. The third kappa shape index (κ3) is 3.28. The van der Waals surface area contributed by atoms with E-state index in [0.29, 0.717) is 12.3 Å². The molecule has 1 saturated heterocycles. The highest BCUT2D eigenvalue weighted by Crippen LogP contribution is 2.20. The number of para-hydroxylation sites is 1. The van der Waals surface area contributed by atoms with E-state index in [9.17, 15) is 9.59 Å². The van der Waals surface area contributed by atoms with Crippen LogP contribution in [0.5, 0.6) is 0 Å². The second-order valence-electron chi connectivity index (χ2n) is 6.45. The van der Waals surface area contributed by atoms with E-state index < -0.39 is 6.04 Å². The fourth-order valence-electron chi connectivity index (χ4n) is 3.09. The van der Waals surface area contributed by atoms with E-state index in [0.717, 1.165) is 29.6 Å². The molecule has 6 heteroatoms. The summed E-state index contributed by atoms with van der Waals surface area (Å²) in [6.07, 6.45) is 2.37. The van der Waals surface area contributed by atoms with Gasteiger partial charge in [-0.25, -0.2) is 0 Å². The number of carbonyl (C=O) groups is 2. The zero-order valence-corrected chi connectivity index (χ0v) is 14.1. The van der Waals surface area contributed by atoms with Crippen LogP contribution in [-0.2, 0) is 16.0 Å². The molecule has 0 saturated carbocycles. The average molecular weight is 328 g/mol. The summed E-state index contributed by atoms with van der Waals surface area (Å²) in [6, 6.07) is 7.38. The maximum Gasteiger partial charge on any atom is 0.242 e. The minimum atomic E-state index is -0.572. The lowest BCUT2D eigenvalue weighted by Gasteiger charge is -2.32. The molecule has 2 amide bonds. The van der Waals surface area contributed by atoms with Gasteiger partial charge in [0.1, 0.15) is 6.04 Å². The fourth-order valence-corrected chi connectivity index (χ4v) is 3.09. The van der Waals surface area contributed by atoms with Crippen molar-refractivity contribution in [1.29, 1.82) is 0 Å². The number of amides is 2. The summed E-state index contributed by atoms with van der Waals surface area (Å²) in [5, 5.41) is 9.84. The van der Waals surface area contributed by atoms with Crippen molar-refractivity contribution in [3.05, 3.63) is 36.0 Å². The summed E-state index contributed by atoms with van der Waals surface area (Å²) >= 11 is 0. The molecule has 1 fully saturated rings. The van der Waals surface area contributed by atoms with Crippen molar-refractivity contribution in [2.45, 2.75) is 19.4 Å². The van der Waals surface area contributed by atoms with E-state index in [-0.39, 0.29) is 17.7 Å². The van der Waals surface area contributed by atoms with Crippen molar-refractivity contribution in [3.8, 4) is 0 Å². The molecule has 2 atom stereocenters. The summed E-state index contributed by atoms with van der Waals surface area (Å²) in [4.78, 5) is 27.9. The van der Waals surface area contributed by atoms with E-state index in [1.807, 2.05) is 37.4 Å².